The Labute approximate surface area is 134 Å². The van der Waals surface area contributed by atoms with Gasteiger partial charge >= 0.3 is 0 Å². The van der Waals surface area contributed by atoms with Crippen molar-refractivity contribution in [3.63, 3.8) is 0 Å². The average Bonchev–Trinajstić information content (AvgIpc) is 3.16. The first-order valence-corrected chi connectivity index (χ1v) is 8.81. The van der Waals surface area contributed by atoms with E-state index in [0.29, 0.717) is 5.56 Å². The fourth-order valence-corrected chi connectivity index (χ4v) is 5.41. The Morgan fingerprint density at radius 2 is 1.70 bits per heavy atom. The van der Waals surface area contributed by atoms with Crippen molar-refractivity contribution in [1.82, 2.24) is 0 Å². The van der Waals surface area contributed by atoms with Gasteiger partial charge in [-0.15, -0.1) is 0 Å². The summed E-state index contributed by atoms with van der Waals surface area (Å²) in [7, 11) is -3.69. The molecule has 0 bridgehead atoms. The minimum Gasteiger partial charge on any atom is -0.394 e. The maximum absolute atomic E-state index is 13.1. The first kappa shape index (κ1) is 16.1. The fourth-order valence-electron chi connectivity index (χ4n) is 3.11. The Bertz CT molecular complexity index is 818. The fraction of sp³-hybridized carbons (Fsp3) is 0.294. The van der Waals surface area contributed by atoms with Gasteiger partial charge in [0, 0.05) is 5.92 Å². The molecular formula is C17H18FNO3S. The summed E-state index contributed by atoms with van der Waals surface area (Å²) in [5.41, 5.74) is 6.46. The van der Waals surface area contributed by atoms with E-state index in [-0.39, 0.29) is 4.90 Å². The molecule has 0 aliphatic heterocycles. The van der Waals surface area contributed by atoms with Gasteiger partial charge in [-0.2, -0.15) is 0 Å². The van der Waals surface area contributed by atoms with E-state index in [1.54, 1.807) is 24.3 Å². The van der Waals surface area contributed by atoms with E-state index >= 15 is 0 Å². The van der Waals surface area contributed by atoms with Gasteiger partial charge in [0.25, 0.3) is 0 Å². The standard InChI is InChI=1S/C17H18FNO3S/c1-11-2-8-14(9-3-11)23(21,22)16-15(17(16,19)10-20)12-4-6-13(18)7-5-12/h2-9,15-16,20H,10,19H2,1H3/t15-,16+,17+/m1/s1. The second-order valence-corrected chi connectivity index (χ2v) is 8.15. The molecular weight excluding hydrogens is 317 g/mol. The number of nitrogens with two attached hydrogens (primary N) is 1. The number of hydrogen-bond acceptors (Lipinski definition) is 4. The van der Waals surface area contributed by atoms with Crippen LogP contribution >= 0.6 is 0 Å². The summed E-state index contributed by atoms with van der Waals surface area (Å²) in [5.74, 6) is -0.960. The van der Waals surface area contributed by atoms with Gasteiger partial charge in [0.2, 0.25) is 0 Å². The van der Waals surface area contributed by atoms with Crippen molar-refractivity contribution in [2.24, 2.45) is 5.73 Å². The van der Waals surface area contributed by atoms with Crippen LogP contribution < -0.4 is 5.73 Å². The normalized spacial score (nSPS) is 27.0. The quantitative estimate of drug-likeness (QED) is 0.892. The van der Waals surface area contributed by atoms with E-state index in [4.69, 9.17) is 5.73 Å². The van der Waals surface area contributed by atoms with Crippen LogP contribution in [0.2, 0.25) is 0 Å². The molecule has 6 heteroatoms. The van der Waals surface area contributed by atoms with Gasteiger partial charge in [-0.05, 0) is 36.8 Å². The Hall–Kier alpha value is -1.76. The van der Waals surface area contributed by atoms with Gasteiger partial charge in [0.15, 0.2) is 9.84 Å². The van der Waals surface area contributed by atoms with Crippen molar-refractivity contribution < 1.29 is 17.9 Å². The van der Waals surface area contributed by atoms with Crippen molar-refractivity contribution in [1.29, 1.82) is 0 Å². The van der Waals surface area contributed by atoms with Crippen LogP contribution in [0.15, 0.2) is 53.4 Å². The number of hydrogen-bond donors (Lipinski definition) is 2. The molecule has 1 aliphatic rings. The summed E-state index contributed by atoms with van der Waals surface area (Å²) in [6, 6.07) is 12.1. The highest BCUT2D eigenvalue weighted by Crippen LogP contribution is 2.55. The molecule has 0 radical (unpaired) electrons. The van der Waals surface area contributed by atoms with Crippen LogP contribution in [0.4, 0.5) is 4.39 Å². The second-order valence-electron chi connectivity index (χ2n) is 6.08. The topological polar surface area (TPSA) is 80.4 Å². The number of rotatable bonds is 4. The van der Waals surface area contributed by atoms with Crippen molar-refractivity contribution >= 4 is 9.84 Å². The lowest BCUT2D eigenvalue weighted by atomic mass is 10.1. The van der Waals surface area contributed by atoms with Crippen molar-refractivity contribution in [2.75, 3.05) is 6.61 Å². The third-order valence-electron chi connectivity index (χ3n) is 4.49. The van der Waals surface area contributed by atoms with Crippen LogP contribution in [0.5, 0.6) is 0 Å². The van der Waals surface area contributed by atoms with Gasteiger partial charge in [0.05, 0.1) is 22.3 Å². The number of sulfone groups is 1. The van der Waals surface area contributed by atoms with E-state index in [1.807, 2.05) is 6.92 Å². The average molecular weight is 335 g/mol. The summed E-state index contributed by atoms with van der Waals surface area (Å²) in [5, 5.41) is 8.69. The first-order valence-electron chi connectivity index (χ1n) is 7.26. The number of benzene rings is 2. The highest BCUT2D eigenvalue weighted by molar-refractivity contribution is 7.92. The van der Waals surface area contributed by atoms with E-state index in [0.717, 1.165) is 5.56 Å². The van der Waals surface area contributed by atoms with Crippen molar-refractivity contribution in [3.05, 3.63) is 65.5 Å². The maximum atomic E-state index is 13.1. The van der Waals surface area contributed by atoms with E-state index in [1.165, 1.54) is 24.3 Å². The smallest absolute Gasteiger partial charge is 0.183 e. The highest BCUT2D eigenvalue weighted by Gasteiger charge is 2.69. The van der Waals surface area contributed by atoms with Crippen LogP contribution in [0.1, 0.15) is 17.0 Å². The van der Waals surface area contributed by atoms with Crippen LogP contribution in [0.25, 0.3) is 0 Å². The zero-order valence-corrected chi connectivity index (χ0v) is 13.4. The summed E-state index contributed by atoms with van der Waals surface area (Å²) < 4.78 is 38.8. The molecule has 0 saturated heterocycles. The minimum absolute atomic E-state index is 0.181. The second kappa shape index (κ2) is 5.40. The lowest BCUT2D eigenvalue weighted by Gasteiger charge is -2.08. The van der Waals surface area contributed by atoms with Gasteiger partial charge in [-0.25, -0.2) is 12.8 Å². The molecule has 0 spiro atoms. The largest absolute Gasteiger partial charge is 0.394 e. The first-order chi connectivity index (χ1) is 10.8. The number of aryl methyl sites for hydroxylation is 1. The molecule has 3 atom stereocenters. The van der Waals surface area contributed by atoms with Gasteiger partial charge < -0.3 is 10.8 Å². The molecule has 0 amide bonds. The Morgan fingerprint density at radius 1 is 1.13 bits per heavy atom. The molecule has 0 heterocycles. The van der Waals surface area contributed by atoms with Crippen molar-refractivity contribution in [2.45, 2.75) is 28.5 Å². The van der Waals surface area contributed by atoms with Gasteiger partial charge in [0.1, 0.15) is 5.82 Å². The predicted molar refractivity (Wildman–Crippen MR) is 85.3 cm³/mol. The SMILES string of the molecule is Cc1ccc(S(=O)(=O)[C@H]2[C@@H](c3ccc(F)cc3)[C@@]2(N)CO)cc1. The van der Waals surface area contributed by atoms with Gasteiger partial charge in [-0.3, -0.25) is 0 Å². The Morgan fingerprint density at radius 3 is 2.22 bits per heavy atom. The third-order valence-corrected chi connectivity index (χ3v) is 6.80. The molecule has 1 fully saturated rings. The van der Waals surface area contributed by atoms with E-state index in [9.17, 15) is 17.9 Å². The molecule has 1 aliphatic carbocycles. The summed E-state index contributed by atoms with van der Waals surface area (Å²) in [4.78, 5) is 0.181. The summed E-state index contributed by atoms with van der Waals surface area (Å²) in [6.07, 6.45) is 0. The molecule has 2 aromatic carbocycles. The van der Waals surface area contributed by atoms with Crippen LogP contribution in [0, 0.1) is 12.7 Å². The van der Waals surface area contributed by atoms with Gasteiger partial charge in [-0.1, -0.05) is 29.8 Å². The lowest BCUT2D eigenvalue weighted by Crippen LogP contribution is -2.35. The van der Waals surface area contributed by atoms with Crippen LogP contribution in [0.3, 0.4) is 0 Å². The monoisotopic (exact) mass is 335 g/mol. The zero-order valence-electron chi connectivity index (χ0n) is 12.6. The predicted octanol–water partition coefficient (Wildman–Crippen LogP) is 1.76. The summed E-state index contributed by atoms with van der Waals surface area (Å²) in [6.45, 7) is 1.42. The lowest BCUT2D eigenvalue weighted by molar-refractivity contribution is 0.253. The van der Waals surface area contributed by atoms with Crippen LogP contribution in [-0.2, 0) is 9.84 Å². The molecule has 4 nitrogen and oxygen atoms in total. The molecule has 23 heavy (non-hydrogen) atoms. The Balaban J connectivity index is 2.01. The number of aliphatic hydroxyl groups excluding tert-OH is 1. The third kappa shape index (κ3) is 2.56. The molecule has 0 aromatic heterocycles. The molecule has 1 saturated carbocycles. The number of halogens is 1. The maximum Gasteiger partial charge on any atom is 0.183 e. The highest BCUT2D eigenvalue weighted by atomic mass is 32.2. The minimum atomic E-state index is -3.69. The van der Waals surface area contributed by atoms with Crippen LogP contribution in [-0.4, -0.2) is 30.9 Å². The summed E-state index contributed by atoms with van der Waals surface area (Å²) >= 11 is 0. The molecule has 122 valence electrons. The number of aliphatic hydroxyl groups is 1. The molecule has 3 N–H and O–H groups in total. The van der Waals surface area contributed by atoms with E-state index in [2.05, 4.69) is 0 Å². The molecule has 3 rings (SSSR count). The molecule has 2 aromatic rings. The molecule has 0 unspecified atom stereocenters. The van der Waals surface area contributed by atoms with Crippen molar-refractivity contribution in [3.8, 4) is 0 Å². The van der Waals surface area contributed by atoms with E-state index < -0.39 is 39.0 Å². The Kier molecular flexibility index (Phi) is 3.78. The zero-order chi connectivity index (χ0) is 16.8.